The zero-order chi connectivity index (χ0) is 12.1. The van der Waals surface area contributed by atoms with E-state index in [2.05, 4.69) is 10.6 Å². The molecular weight excluding hydrogens is 220 g/mol. The van der Waals surface area contributed by atoms with Crippen LogP contribution in [0.15, 0.2) is 22.8 Å². The van der Waals surface area contributed by atoms with Gasteiger partial charge in [-0.2, -0.15) is 0 Å². The average Bonchev–Trinajstić information content (AvgIpc) is 2.77. The Morgan fingerprint density at radius 3 is 2.76 bits per heavy atom. The quantitative estimate of drug-likeness (QED) is 0.798. The fourth-order valence-electron chi connectivity index (χ4n) is 1.67. The van der Waals surface area contributed by atoms with Crippen molar-refractivity contribution in [1.29, 1.82) is 0 Å². The van der Waals surface area contributed by atoms with Crippen LogP contribution >= 0.6 is 0 Å². The zero-order valence-corrected chi connectivity index (χ0v) is 9.57. The second-order valence-corrected chi connectivity index (χ2v) is 4.26. The number of hydrogen-bond acceptors (Lipinski definition) is 3. The highest BCUT2D eigenvalue weighted by Gasteiger charge is 2.18. The number of amides is 2. The molecule has 2 rings (SSSR count). The molecule has 0 bridgehead atoms. The summed E-state index contributed by atoms with van der Waals surface area (Å²) in [6.45, 7) is 0.710. The molecule has 17 heavy (non-hydrogen) atoms. The molecule has 5 nitrogen and oxygen atoms in total. The third kappa shape index (κ3) is 3.34. The van der Waals surface area contributed by atoms with Crippen LogP contribution in [0.1, 0.15) is 29.8 Å². The maximum Gasteiger partial charge on any atom is 0.287 e. The van der Waals surface area contributed by atoms with Gasteiger partial charge in [0.25, 0.3) is 5.91 Å². The maximum absolute atomic E-state index is 11.4. The van der Waals surface area contributed by atoms with E-state index in [4.69, 9.17) is 4.42 Å². The van der Waals surface area contributed by atoms with Gasteiger partial charge in [0.2, 0.25) is 5.91 Å². The molecule has 0 spiro atoms. The van der Waals surface area contributed by atoms with Crippen LogP contribution in [0.2, 0.25) is 0 Å². The Hall–Kier alpha value is -1.78. The van der Waals surface area contributed by atoms with Gasteiger partial charge in [0, 0.05) is 6.54 Å². The first kappa shape index (κ1) is 11.7. The molecule has 1 fully saturated rings. The summed E-state index contributed by atoms with van der Waals surface area (Å²) < 4.78 is 4.91. The van der Waals surface area contributed by atoms with E-state index in [0.717, 1.165) is 6.54 Å². The number of hydrogen-bond donors (Lipinski definition) is 2. The summed E-state index contributed by atoms with van der Waals surface area (Å²) in [6.07, 6.45) is 5.07. The number of rotatable bonds is 5. The minimum absolute atomic E-state index is 0.00769. The Labute approximate surface area is 99.6 Å². The molecule has 92 valence electrons. The monoisotopic (exact) mass is 236 g/mol. The summed E-state index contributed by atoms with van der Waals surface area (Å²) in [5.41, 5.74) is 0. The molecule has 1 saturated carbocycles. The lowest BCUT2D eigenvalue weighted by Crippen LogP contribution is -2.39. The summed E-state index contributed by atoms with van der Waals surface area (Å²) in [6, 6.07) is 3.19. The molecule has 1 aliphatic rings. The van der Waals surface area contributed by atoms with E-state index < -0.39 is 0 Å². The SMILES string of the molecule is O=C(CNC(=O)c1ccco1)NCC1CCC1. The van der Waals surface area contributed by atoms with Gasteiger partial charge in [0.15, 0.2) is 5.76 Å². The Morgan fingerprint density at radius 1 is 1.35 bits per heavy atom. The molecule has 0 unspecified atom stereocenters. The van der Waals surface area contributed by atoms with Gasteiger partial charge < -0.3 is 15.1 Å². The molecule has 1 aliphatic carbocycles. The second-order valence-electron chi connectivity index (χ2n) is 4.26. The number of carbonyl (C=O) groups excluding carboxylic acids is 2. The molecule has 0 radical (unpaired) electrons. The summed E-state index contributed by atoms with van der Waals surface area (Å²) >= 11 is 0. The molecule has 2 amide bonds. The van der Waals surface area contributed by atoms with Crippen molar-refractivity contribution >= 4 is 11.8 Å². The third-order valence-corrected chi connectivity index (χ3v) is 2.97. The van der Waals surface area contributed by atoms with Crippen LogP contribution in [0.4, 0.5) is 0 Å². The van der Waals surface area contributed by atoms with Crippen molar-refractivity contribution in [1.82, 2.24) is 10.6 Å². The number of furan rings is 1. The molecule has 0 aromatic carbocycles. The fourth-order valence-corrected chi connectivity index (χ4v) is 1.67. The first-order valence-electron chi connectivity index (χ1n) is 5.84. The minimum Gasteiger partial charge on any atom is -0.459 e. The lowest BCUT2D eigenvalue weighted by Gasteiger charge is -2.25. The first-order valence-corrected chi connectivity index (χ1v) is 5.84. The van der Waals surface area contributed by atoms with Crippen molar-refractivity contribution < 1.29 is 14.0 Å². The van der Waals surface area contributed by atoms with Gasteiger partial charge in [0.05, 0.1) is 12.8 Å². The van der Waals surface area contributed by atoms with E-state index in [0.29, 0.717) is 5.92 Å². The van der Waals surface area contributed by atoms with Crippen molar-refractivity contribution in [2.24, 2.45) is 5.92 Å². The lowest BCUT2D eigenvalue weighted by molar-refractivity contribution is -0.120. The average molecular weight is 236 g/mol. The van der Waals surface area contributed by atoms with Crippen LogP contribution in [0.5, 0.6) is 0 Å². The summed E-state index contributed by atoms with van der Waals surface area (Å²) in [5, 5.41) is 5.30. The van der Waals surface area contributed by atoms with Gasteiger partial charge in [-0.15, -0.1) is 0 Å². The smallest absolute Gasteiger partial charge is 0.287 e. The summed E-state index contributed by atoms with van der Waals surface area (Å²) in [5.74, 6) is 0.321. The van der Waals surface area contributed by atoms with Crippen LogP contribution in [0, 0.1) is 5.92 Å². The predicted molar refractivity (Wildman–Crippen MR) is 61.4 cm³/mol. The van der Waals surface area contributed by atoms with Crippen LogP contribution in [-0.2, 0) is 4.79 Å². The van der Waals surface area contributed by atoms with Crippen LogP contribution in [0.3, 0.4) is 0 Å². The second kappa shape index (κ2) is 5.52. The standard InChI is InChI=1S/C12H16N2O3/c15-11(13-7-9-3-1-4-9)8-14-12(16)10-5-2-6-17-10/h2,5-6,9H,1,3-4,7-8H2,(H,13,15)(H,14,16). The summed E-state index contributed by atoms with van der Waals surface area (Å²) in [4.78, 5) is 22.8. The number of nitrogens with one attached hydrogen (secondary N) is 2. The van der Waals surface area contributed by atoms with Crippen molar-refractivity contribution in [2.45, 2.75) is 19.3 Å². The van der Waals surface area contributed by atoms with Gasteiger partial charge >= 0.3 is 0 Å². The third-order valence-electron chi connectivity index (χ3n) is 2.97. The molecule has 0 aliphatic heterocycles. The van der Waals surface area contributed by atoms with Crippen LogP contribution in [0.25, 0.3) is 0 Å². The Bertz CT molecular complexity index is 382. The Morgan fingerprint density at radius 2 is 2.18 bits per heavy atom. The van der Waals surface area contributed by atoms with Crippen molar-refractivity contribution in [3.05, 3.63) is 24.2 Å². The predicted octanol–water partition coefficient (Wildman–Crippen LogP) is 0.926. The van der Waals surface area contributed by atoms with Crippen LogP contribution < -0.4 is 10.6 Å². The van der Waals surface area contributed by atoms with E-state index >= 15 is 0 Å². The normalized spacial score (nSPS) is 15.1. The zero-order valence-electron chi connectivity index (χ0n) is 9.57. The molecule has 0 saturated heterocycles. The minimum atomic E-state index is -0.367. The number of carbonyl (C=O) groups is 2. The highest BCUT2D eigenvalue weighted by Crippen LogP contribution is 2.24. The molecular formula is C12H16N2O3. The largest absolute Gasteiger partial charge is 0.459 e. The van der Waals surface area contributed by atoms with Gasteiger partial charge in [-0.25, -0.2) is 0 Å². The highest BCUT2D eigenvalue weighted by atomic mass is 16.3. The fraction of sp³-hybridized carbons (Fsp3) is 0.500. The van der Waals surface area contributed by atoms with E-state index in [1.807, 2.05) is 0 Å². The van der Waals surface area contributed by atoms with E-state index in [9.17, 15) is 9.59 Å². The molecule has 1 heterocycles. The molecule has 5 heteroatoms. The lowest BCUT2D eigenvalue weighted by atomic mass is 9.85. The van der Waals surface area contributed by atoms with Gasteiger partial charge in [-0.05, 0) is 30.9 Å². The van der Waals surface area contributed by atoms with Gasteiger partial charge in [-0.1, -0.05) is 6.42 Å². The van der Waals surface area contributed by atoms with E-state index in [1.54, 1.807) is 12.1 Å². The molecule has 2 N–H and O–H groups in total. The Kier molecular flexibility index (Phi) is 3.80. The highest BCUT2D eigenvalue weighted by molar-refractivity contribution is 5.94. The maximum atomic E-state index is 11.4. The molecule has 0 atom stereocenters. The van der Waals surface area contributed by atoms with Crippen molar-refractivity contribution in [2.75, 3.05) is 13.1 Å². The van der Waals surface area contributed by atoms with Gasteiger partial charge in [-0.3, -0.25) is 9.59 Å². The van der Waals surface area contributed by atoms with Crippen molar-refractivity contribution in [3.8, 4) is 0 Å². The van der Waals surface area contributed by atoms with E-state index in [-0.39, 0.29) is 24.1 Å². The van der Waals surface area contributed by atoms with Gasteiger partial charge in [0.1, 0.15) is 0 Å². The first-order chi connectivity index (χ1) is 8.25. The molecule has 1 aromatic heterocycles. The van der Waals surface area contributed by atoms with Crippen LogP contribution in [-0.4, -0.2) is 24.9 Å². The molecule has 1 aromatic rings. The Balaban J connectivity index is 1.63. The van der Waals surface area contributed by atoms with Crippen molar-refractivity contribution in [3.63, 3.8) is 0 Å². The topological polar surface area (TPSA) is 71.3 Å². The summed E-state index contributed by atoms with van der Waals surface area (Å²) in [7, 11) is 0. The van der Waals surface area contributed by atoms with E-state index in [1.165, 1.54) is 25.5 Å².